The molecule has 1 aromatic carbocycles. The molecule has 1 unspecified atom stereocenters. The van der Waals surface area contributed by atoms with E-state index in [1.54, 1.807) is 13.0 Å². The lowest BCUT2D eigenvalue weighted by Crippen LogP contribution is -2.20. The van der Waals surface area contributed by atoms with E-state index in [9.17, 15) is 9.18 Å². The average molecular weight is 372 g/mol. The molecule has 0 heterocycles. The molecular formula is C9H8BrFINO. The fraction of sp³-hybridized carbons (Fsp3) is 0.222. The quantitative estimate of drug-likeness (QED) is 0.628. The van der Waals surface area contributed by atoms with E-state index in [1.165, 1.54) is 12.1 Å². The SMILES string of the molecule is CC(Br)C(=O)Nc1ccc(F)cc1I. The molecule has 0 bridgehead atoms. The van der Waals surface area contributed by atoms with E-state index in [-0.39, 0.29) is 16.6 Å². The Morgan fingerprint density at radius 1 is 1.64 bits per heavy atom. The smallest absolute Gasteiger partial charge is 0.237 e. The van der Waals surface area contributed by atoms with Crippen molar-refractivity contribution in [3.05, 3.63) is 27.6 Å². The van der Waals surface area contributed by atoms with Crippen molar-refractivity contribution in [2.75, 3.05) is 5.32 Å². The zero-order valence-corrected chi connectivity index (χ0v) is 11.1. The van der Waals surface area contributed by atoms with E-state index in [4.69, 9.17) is 0 Å². The second kappa shape index (κ2) is 5.06. The number of alkyl halides is 1. The number of anilines is 1. The van der Waals surface area contributed by atoms with Crippen LogP contribution >= 0.6 is 38.5 Å². The van der Waals surface area contributed by atoms with Crippen molar-refractivity contribution < 1.29 is 9.18 Å². The minimum atomic E-state index is -0.306. The first-order valence-electron chi connectivity index (χ1n) is 3.90. The summed E-state index contributed by atoms with van der Waals surface area (Å²) >= 11 is 5.12. The van der Waals surface area contributed by atoms with E-state index in [2.05, 4.69) is 21.2 Å². The Balaban J connectivity index is 2.82. The largest absolute Gasteiger partial charge is 0.324 e. The van der Waals surface area contributed by atoms with Crippen LogP contribution in [-0.2, 0) is 4.79 Å². The lowest BCUT2D eigenvalue weighted by Gasteiger charge is -2.08. The van der Waals surface area contributed by atoms with Crippen molar-refractivity contribution in [1.82, 2.24) is 0 Å². The molecule has 1 rings (SSSR count). The fourth-order valence-electron chi connectivity index (χ4n) is 0.823. The number of halogens is 3. The van der Waals surface area contributed by atoms with Crippen molar-refractivity contribution in [1.29, 1.82) is 0 Å². The molecule has 1 atom stereocenters. The van der Waals surface area contributed by atoms with Crippen molar-refractivity contribution in [2.45, 2.75) is 11.8 Å². The summed E-state index contributed by atoms with van der Waals surface area (Å²) in [5.41, 5.74) is 0.628. The van der Waals surface area contributed by atoms with E-state index in [0.29, 0.717) is 9.26 Å². The molecule has 0 saturated heterocycles. The number of carbonyl (C=O) groups is 1. The van der Waals surface area contributed by atoms with Crippen LogP contribution in [0.15, 0.2) is 18.2 Å². The third-order valence-corrected chi connectivity index (χ3v) is 2.86. The third kappa shape index (κ3) is 3.20. The Labute approximate surface area is 104 Å². The number of hydrogen-bond donors (Lipinski definition) is 1. The van der Waals surface area contributed by atoms with E-state index in [0.717, 1.165) is 0 Å². The number of amides is 1. The molecule has 0 fully saturated rings. The van der Waals surface area contributed by atoms with Gasteiger partial charge in [-0.25, -0.2) is 4.39 Å². The number of rotatable bonds is 2. The number of carbonyl (C=O) groups excluding carboxylic acids is 1. The minimum absolute atomic E-state index is 0.144. The summed E-state index contributed by atoms with van der Waals surface area (Å²) in [5.74, 6) is -0.450. The highest BCUT2D eigenvalue weighted by Gasteiger charge is 2.10. The van der Waals surface area contributed by atoms with Gasteiger partial charge in [-0.3, -0.25) is 4.79 Å². The molecule has 0 spiro atoms. The van der Waals surface area contributed by atoms with Gasteiger partial charge in [0.05, 0.1) is 10.5 Å². The molecule has 5 heteroatoms. The Bertz CT molecular complexity index is 357. The van der Waals surface area contributed by atoms with Crippen molar-refractivity contribution in [3.8, 4) is 0 Å². The van der Waals surface area contributed by atoms with Crippen LogP contribution in [0.3, 0.4) is 0 Å². The standard InChI is InChI=1S/C9H8BrFINO/c1-5(10)9(14)13-8-3-2-6(11)4-7(8)12/h2-5H,1H3,(H,13,14). The average Bonchev–Trinajstić information content (AvgIpc) is 2.09. The van der Waals surface area contributed by atoms with E-state index < -0.39 is 0 Å². The fourth-order valence-corrected chi connectivity index (χ4v) is 1.55. The van der Waals surface area contributed by atoms with Crippen LogP contribution in [0, 0.1) is 9.39 Å². The predicted octanol–water partition coefficient (Wildman–Crippen LogP) is 3.15. The predicted molar refractivity (Wildman–Crippen MR) is 66.1 cm³/mol. The highest BCUT2D eigenvalue weighted by molar-refractivity contribution is 14.1. The van der Waals surface area contributed by atoms with Gasteiger partial charge < -0.3 is 5.32 Å². The zero-order chi connectivity index (χ0) is 10.7. The molecule has 1 amide bonds. The molecule has 14 heavy (non-hydrogen) atoms. The normalized spacial score (nSPS) is 12.3. The highest BCUT2D eigenvalue weighted by Crippen LogP contribution is 2.19. The Morgan fingerprint density at radius 2 is 2.29 bits per heavy atom. The lowest BCUT2D eigenvalue weighted by atomic mass is 10.3. The van der Waals surface area contributed by atoms with Gasteiger partial charge in [-0.15, -0.1) is 0 Å². The first-order valence-corrected chi connectivity index (χ1v) is 5.90. The molecule has 0 saturated carbocycles. The van der Waals surface area contributed by atoms with Gasteiger partial charge >= 0.3 is 0 Å². The van der Waals surface area contributed by atoms with E-state index in [1.807, 2.05) is 22.6 Å². The summed E-state index contributed by atoms with van der Waals surface area (Å²) in [6, 6.07) is 4.23. The van der Waals surface area contributed by atoms with Crippen LogP contribution < -0.4 is 5.32 Å². The molecule has 0 aliphatic rings. The van der Waals surface area contributed by atoms with E-state index >= 15 is 0 Å². The zero-order valence-electron chi connectivity index (χ0n) is 7.35. The second-order valence-electron chi connectivity index (χ2n) is 2.73. The Hall–Kier alpha value is -0.170. The summed E-state index contributed by atoms with van der Waals surface area (Å²) < 4.78 is 13.4. The van der Waals surface area contributed by atoms with Gasteiger partial charge in [-0.2, -0.15) is 0 Å². The van der Waals surface area contributed by atoms with Gasteiger partial charge in [-0.1, -0.05) is 15.9 Å². The summed E-state index contributed by atoms with van der Waals surface area (Å²) in [4.78, 5) is 11.0. The molecule has 1 aromatic rings. The van der Waals surface area contributed by atoms with Crippen LogP contribution in [0.1, 0.15) is 6.92 Å². The second-order valence-corrected chi connectivity index (χ2v) is 5.27. The van der Waals surface area contributed by atoms with Crippen molar-refractivity contribution in [2.24, 2.45) is 0 Å². The van der Waals surface area contributed by atoms with Gasteiger partial charge in [-0.05, 0) is 47.7 Å². The minimum Gasteiger partial charge on any atom is -0.324 e. The highest BCUT2D eigenvalue weighted by atomic mass is 127. The molecule has 2 nitrogen and oxygen atoms in total. The maximum absolute atomic E-state index is 12.7. The summed E-state index contributed by atoms with van der Waals surface area (Å²) in [6.45, 7) is 1.73. The number of nitrogens with one attached hydrogen (secondary N) is 1. The Kier molecular flexibility index (Phi) is 4.31. The molecular weight excluding hydrogens is 364 g/mol. The van der Waals surface area contributed by atoms with Crippen molar-refractivity contribution >= 4 is 50.1 Å². The molecule has 0 radical (unpaired) electrons. The third-order valence-electron chi connectivity index (χ3n) is 1.55. The topological polar surface area (TPSA) is 29.1 Å². The Morgan fingerprint density at radius 3 is 2.79 bits per heavy atom. The van der Waals surface area contributed by atoms with Gasteiger partial charge in [0, 0.05) is 3.57 Å². The van der Waals surface area contributed by atoms with Gasteiger partial charge in [0.25, 0.3) is 0 Å². The maximum Gasteiger partial charge on any atom is 0.237 e. The molecule has 76 valence electrons. The lowest BCUT2D eigenvalue weighted by molar-refractivity contribution is -0.115. The number of hydrogen-bond acceptors (Lipinski definition) is 1. The molecule has 0 aliphatic carbocycles. The first-order chi connectivity index (χ1) is 6.50. The van der Waals surface area contributed by atoms with Crippen LogP contribution in [0.25, 0.3) is 0 Å². The molecule has 0 aromatic heterocycles. The molecule has 1 N–H and O–H groups in total. The van der Waals surface area contributed by atoms with Crippen molar-refractivity contribution in [3.63, 3.8) is 0 Å². The van der Waals surface area contributed by atoms with Crippen LogP contribution in [-0.4, -0.2) is 10.7 Å². The summed E-state index contributed by atoms with van der Waals surface area (Å²) in [7, 11) is 0. The van der Waals surface area contributed by atoms with Gasteiger partial charge in [0.15, 0.2) is 0 Å². The summed E-state index contributed by atoms with van der Waals surface area (Å²) in [5, 5.41) is 2.68. The summed E-state index contributed by atoms with van der Waals surface area (Å²) in [6.07, 6.45) is 0. The first kappa shape index (κ1) is 11.9. The monoisotopic (exact) mass is 371 g/mol. The van der Waals surface area contributed by atoms with Crippen LogP contribution in [0.4, 0.5) is 10.1 Å². The van der Waals surface area contributed by atoms with Gasteiger partial charge in [0.2, 0.25) is 5.91 Å². The van der Waals surface area contributed by atoms with Crippen LogP contribution in [0.2, 0.25) is 0 Å². The number of benzene rings is 1. The molecule has 0 aliphatic heterocycles. The van der Waals surface area contributed by atoms with Gasteiger partial charge in [0.1, 0.15) is 5.82 Å². The van der Waals surface area contributed by atoms with Crippen LogP contribution in [0.5, 0.6) is 0 Å². The maximum atomic E-state index is 12.7.